The Morgan fingerprint density at radius 1 is 1.18 bits per heavy atom. The zero-order valence-electron chi connectivity index (χ0n) is 29.8. The van der Waals surface area contributed by atoms with Crippen molar-refractivity contribution in [3.8, 4) is 16.3 Å². The lowest BCUT2D eigenvalue weighted by atomic mass is 9.91. The number of aryl methyl sites for hydroxylation is 1. The molecule has 2 aromatic heterocycles. The number of aromatic nitrogens is 2. The highest BCUT2D eigenvalue weighted by atomic mass is 33.1. The lowest BCUT2D eigenvalue weighted by Gasteiger charge is -2.29. The van der Waals surface area contributed by atoms with Crippen LogP contribution in [0, 0.1) is 12.8 Å². The van der Waals surface area contributed by atoms with Gasteiger partial charge in [0.25, 0.3) is 5.88 Å². The summed E-state index contributed by atoms with van der Waals surface area (Å²) in [6.07, 6.45) is -1.22. The predicted octanol–water partition coefficient (Wildman–Crippen LogP) is 5.28. The van der Waals surface area contributed by atoms with Crippen molar-refractivity contribution in [1.29, 1.82) is 0 Å². The van der Waals surface area contributed by atoms with Gasteiger partial charge in [-0.15, -0.1) is 11.3 Å². The van der Waals surface area contributed by atoms with Gasteiger partial charge in [0.2, 0.25) is 11.8 Å². The first kappa shape index (κ1) is 39.8. The minimum Gasteiger partial charge on any atom is -0.468 e. The van der Waals surface area contributed by atoms with Gasteiger partial charge in [0.05, 0.1) is 33.4 Å². The molecule has 1 unspecified atom stereocenters. The van der Waals surface area contributed by atoms with E-state index in [9.17, 15) is 27.6 Å². The van der Waals surface area contributed by atoms with Crippen molar-refractivity contribution in [2.24, 2.45) is 5.92 Å². The topological polar surface area (TPSA) is 184 Å². The van der Waals surface area contributed by atoms with Crippen LogP contribution in [0.1, 0.15) is 76.9 Å². The minimum absolute atomic E-state index is 0.0201. The first-order valence-corrected chi connectivity index (χ1v) is 20.4. The van der Waals surface area contributed by atoms with Crippen molar-refractivity contribution < 1.29 is 46.3 Å². The summed E-state index contributed by atoms with van der Waals surface area (Å²) in [4.78, 5) is 58.6. The van der Waals surface area contributed by atoms with Gasteiger partial charge < -0.3 is 29.0 Å². The summed E-state index contributed by atoms with van der Waals surface area (Å²) in [6.45, 7) is 11.9. The second-order valence-corrected chi connectivity index (χ2v) is 19.1. The number of carbonyl (C=O) groups is 4. The van der Waals surface area contributed by atoms with E-state index in [4.69, 9.17) is 18.7 Å². The molecular weight excluding hydrogens is 721 g/mol. The average Bonchev–Trinajstić information content (AvgIpc) is 3.79. The number of carbonyl (C=O) groups excluding carboxylic acids is 4. The number of benzene rings is 1. The molecule has 3 heterocycles. The number of nitrogens with one attached hydrogen (secondary N) is 1. The van der Waals surface area contributed by atoms with E-state index in [0.29, 0.717) is 17.1 Å². The van der Waals surface area contributed by atoms with Crippen LogP contribution in [0.2, 0.25) is 0 Å². The van der Waals surface area contributed by atoms with E-state index in [-0.39, 0.29) is 37.1 Å². The maximum atomic E-state index is 14.3. The van der Waals surface area contributed by atoms with Crippen molar-refractivity contribution in [2.75, 3.05) is 19.4 Å². The summed E-state index contributed by atoms with van der Waals surface area (Å²) in [7, 11) is -2.78. The number of likely N-dealkylation sites (tertiary alicyclic amines) is 1. The number of nitrogens with zero attached hydrogens (tertiary/aromatic N) is 3. The predicted molar refractivity (Wildman–Crippen MR) is 192 cm³/mol. The van der Waals surface area contributed by atoms with Crippen LogP contribution in [-0.2, 0) is 32.7 Å². The summed E-state index contributed by atoms with van der Waals surface area (Å²) in [5.41, 5.74) is 4.58. The van der Waals surface area contributed by atoms with Crippen LogP contribution in [0.15, 0.2) is 40.4 Å². The molecule has 51 heavy (non-hydrogen) atoms. The van der Waals surface area contributed by atoms with E-state index >= 15 is 0 Å². The SMILES string of the molecule is Cc1ncsc1-c1ccc([C@H](C)NC(=O)[C@@H]2C[C@@H](OC(=O)OC(C)C(C)(C)SS(C)(=O)=O)CN2C(=O)[C@@H](c2cc(OCC=O)no2)C(C)C)cc1. The summed E-state index contributed by atoms with van der Waals surface area (Å²) >= 11 is 1.55. The third-order valence-corrected chi connectivity index (χ3v) is 12.8. The summed E-state index contributed by atoms with van der Waals surface area (Å²) in [5.74, 6) is -1.89. The van der Waals surface area contributed by atoms with Crippen molar-refractivity contribution in [3.05, 3.63) is 52.9 Å². The molecule has 1 aliphatic heterocycles. The molecule has 4 rings (SSSR count). The number of aldehydes is 1. The zero-order chi connectivity index (χ0) is 37.7. The highest BCUT2D eigenvalue weighted by Gasteiger charge is 2.46. The third-order valence-electron chi connectivity index (χ3n) is 8.55. The minimum atomic E-state index is -3.45. The summed E-state index contributed by atoms with van der Waals surface area (Å²) in [5, 5.41) is 6.82. The zero-order valence-corrected chi connectivity index (χ0v) is 32.2. The van der Waals surface area contributed by atoms with Crippen LogP contribution in [0.3, 0.4) is 0 Å². The van der Waals surface area contributed by atoms with Gasteiger partial charge in [-0.3, -0.25) is 14.4 Å². The van der Waals surface area contributed by atoms with Crippen LogP contribution < -0.4 is 10.1 Å². The normalized spacial score (nSPS) is 18.2. The van der Waals surface area contributed by atoms with Crippen molar-refractivity contribution >= 4 is 55.3 Å². The molecule has 5 atom stereocenters. The number of thiazole rings is 1. The molecule has 1 aliphatic rings. The number of ether oxygens (including phenoxy) is 3. The Bertz CT molecular complexity index is 1810. The van der Waals surface area contributed by atoms with Crippen molar-refractivity contribution in [3.63, 3.8) is 0 Å². The monoisotopic (exact) mass is 764 g/mol. The van der Waals surface area contributed by atoms with Crippen molar-refractivity contribution in [1.82, 2.24) is 20.4 Å². The van der Waals surface area contributed by atoms with E-state index in [0.717, 1.165) is 28.0 Å². The molecular formula is C34H44N4O10S3. The molecule has 0 spiro atoms. The molecule has 1 aromatic carbocycles. The lowest BCUT2D eigenvalue weighted by molar-refractivity contribution is -0.141. The quantitative estimate of drug-likeness (QED) is 0.120. The third kappa shape index (κ3) is 10.3. The van der Waals surface area contributed by atoms with Gasteiger partial charge in [-0.2, -0.15) is 0 Å². The molecule has 2 amide bonds. The largest absolute Gasteiger partial charge is 0.508 e. The van der Waals surface area contributed by atoms with Crippen LogP contribution in [0.4, 0.5) is 4.79 Å². The molecule has 0 bridgehead atoms. The van der Waals surface area contributed by atoms with E-state index in [1.807, 2.05) is 52.0 Å². The molecule has 17 heteroatoms. The number of hydrogen-bond acceptors (Lipinski definition) is 14. The van der Waals surface area contributed by atoms with Crippen LogP contribution in [-0.4, -0.2) is 90.1 Å². The number of hydrogen-bond donors (Lipinski definition) is 1. The van der Waals surface area contributed by atoms with Gasteiger partial charge in [0.1, 0.15) is 30.8 Å². The van der Waals surface area contributed by atoms with Crippen molar-refractivity contribution in [2.45, 2.75) is 89.8 Å². The number of amides is 2. The Balaban J connectivity index is 1.54. The van der Waals surface area contributed by atoms with Gasteiger partial charge >= 0.3 is 6.16 Å². The maximum absolute atomic E-state index is 14.3. The fraction of sp³-hybridized carbons (Fsp3) is 0.529. The van der Waals surface area contributed by atoms with E-state index in [1.54, 1.807) is 37.6 Å². The second kappa shape index (κ2) is 16.6. The standard InChI is InChI=1S/C34H44N4O10S3/c1-19(2)29(27-16-28(37-48-27)45-14-13-39)32(41)38-17-25(47-33(42)46-22(5)34(6,7)50-51(8,43)44)15-26(38)31(40)36-20(3)23-9-11-24(12-10-23)30-21(4)35-18-49-30/h9-13,16,18-20,22,25-26,29H,14-15,17H2,1-8H3,(H,36,40)/t20-,22?,25+,26-,29+/m0/s1. The summed E-state index contributed by atoms with van der Waals surface area (Å²) in [6, 6.07) is 7.75. The van der Waals surface area contributed by atoms with E-state index in [2.05, 4.69) is 15.5 Å². The maximum Gasteiger partial charge on any atom is 0.508 e. The first-order valence-electron chi connectivity index (χ1n) is 16.3. The van der Waals surface area contributed by atoms with Gasteiger partial charge in [-0.1, -0.05) is 38.1 Å². The first-order chi connectivity index (χ1) is 23.9. The second-order valence-electron chi connectivity index (χ2n) is 13.3. The van der Waals surface area contributed by atoms with Gasteiger partial charge in [0.15, 0.2) is 20.9 Å². The average molecular weight is 765 g/mol. The highest BCUT2D eigenvalue weighted by Crippen LogP contribution is 2.36. The summed E-state index contributed by atoms with van der Waals surface area (Å²) < 4.78 is 44.5. The molecule has 0 aliphatic carbocycles. The Kier molecular flexibility index (Phi) is 13.0. The Labute approximate surface area is 305 Å². The van der Waals surface area contributed by atoms with Crippen LogP contribution in [0.5, 0.6) is 5.88 Å². The fourth-order valence-electron chi connectivity index (χ4n) is 5.70. The highest BCUT2D eigenvalue weighted by molar-refractivity contribution is 8.72. The van der Waals surface area contributed by atoms with Crippen LogP contribution in [0.25, 0.3) is 10.4 Å². The molecule has 14 nitrogen and oxygen atoms in total. The fourth-order valence-corrected chi connectivity index (χ4v) is 10.2. The molecule has 1 N–H and O–H groups in total. The lowest BCUT2D eigenvalue weighted by Crippen LogP contribution is -2.48. The number of rotatable bonds is 15. The molecule has 1 fully saturated rings. The van der Waals surface area contributed by atoms with Gasteiger partial charge in [-0.05, 0) is 67.6 Å². The van der Waals surface area contributed by atoms with Gasteiger partial charge in [0, 0.05) is 18.7 Å². The smallest absolute Gasteiger partial charge is 0.468 e. The molecule has 1 saturated heterocycles. The Morgan fingerprint density at radius 2 is 1.86 bits per heavy atom. The Morgan fingerprint density at radius 3 is 2.45 bits per heavy atom. The Hall–Kier alpha value is -3.96. The van der Waals surface area contributed by atoms with E-state index in [1.165, 1.54) is 11.0 Å². The van der Waals surface area contributed by atoms with E-state index < -0.39 is 61.8 Å². The molecule has 0 radical (unpaired) electrons. The molecule has 3 aromatic rings. The molecule has 0 saturated carbocycles. The van der Waals surface area contributed by atoms with Gasteiger partial charge in [-0.25, -0.2) is 18.2 Å². The molecule has 278 valence electrons. The van der Waals surface area contributed by atoms with Crippen LogP contribution >= 0.6 is 22.1 Å².